The van der Waals surface area contributed by atoms with E-state index in [2.05, 4.69) is 0 Å². The lowest BCUT2D eigenvalue weighted by atomic mass is 9.88. The van der Waals surface area contributed by atoms with Crippen LogP contribution in [0.15, 0.2) is 18.2 Å². The molecule has 4 nitrogen and oxygen atoms in total. The molecule has 2 fully saturated rings. The second kappa shape index (κ2) is 8.19. The monoisotopic (exact) mass is 401 g/mol. The lowest BCUT2D eigenvalue weighted by Crippen LogP contribution is -2.48. The van der Waals surface area contributed by atoms with Crippen LogP contribution in [0.25, 0.3) is 0 Å². The van der Waals surface area contributed by atoms with Crippen LogP contribution in [-0.2, 0) is 9.53 Å². The molecule has 0 bridgehead atoms. The minimum Gasteiger partial charge on any atom is -0.467 e. The standard InChI is InChI=1S/C18H21Cl2NO3S/c1-24-18(23)15-10-25-17(11-5-3-2-4-6-11)21(15)16(22)12-7-8-13(19)14(20)9-12/h7-9,11,15,17H,2-6,10H2,1H3. The number of hydrogen-bond donors (Lipinski definition) is 0. The third kappa shape index (κ3) is 3.93. The van der Waals surface area contributed by atoms with E-state index >= 15 is 0 Å². The van der Waals surface area contributed by atoms with E-state index in [1.54, 1.807) is 34.9 Å². The van der Waals surface area contributed by atoms with Crippen LogP contribution in [0.5, 0.6) is 0 Å². The van der Waals surface area contributed by atoms with Crippen LogP contribution in [0.4, 0.5) is 0 Å². The molecule has 0 radical (unpaired) electrons. The summed E-state index contributed by atoms with van der Waals surface area (Å²) in [6, 6.07) is 4.29. The number of amides is 1. The van der Waals surface area contributed by atoms with Crippen molar-refractivity contribution in [1.82, 2.24) is 4.90 Å². The smallest absolute Gasteiger partial charge is 0.329 e. The highest BCUT2D eigenvalue weighted by molar-refractivity contribution is 8.00. The van der Waals surface area contributed by atoms with Gasteiger partial charge in [0, 0.05) is 11.3 Å². The highest BCUT2D eigenvalue weighted by Gasteiger charge is 2.45. The normalized spacial score (nSPS) is 24.4. The molecule has 1 heterocycles. The van der Waals surface area contributed by atoms with Crippen molar-refractivity contribution < 1.29 is 14.3 Å². The molecule has 1 aliphatic heterocycles. The summed E-state index contributed by atoms with van der Waals surface area (Å²) < 4.78 is 4.94. The van der Waals surface area contributed by atoms with E-state index in [4.69, 9.17) is 27.9 Å². The molecule has 1 saturated carbocycles. The number of carbonyl (C=O) groups excluding carboxylic acids is 2. The highest BCUT2D eigenvalue weighted by Crippen LogP contribution is 2.41. The van der Waals surface area contributed by atoms with Gasteiger partial charge in [-0.1, -0.05) is 42.5 Å². The van der Waals surface area contributed by atoms with Gasteiger partial charge < -0.3 is 9.64 Å². The van der Waals surface area contributed by atoms with Gasteiger partial charge in [-0.2, -0.15) is 0 Å². The molecule has 0 spiro atoms. The molecular weight excluding hydrogens is 381 g/mol. The zero-order valence-corrected chi connectivity index (χ0v) is 16.4. The number of methoxy groups -OCH3 is 1. The second-order valence-electron chi connectivity index (χ2n) is 6.50. The van der Waals surface area contributed by atoms with Crippen molar-refractivity contribution in [2.24, 2.45) is 5.92 Å². The number of ether oxygens (including phenoxy) is 1. The van der Waals surface area contributed by atoms with Gasteiger partial charge in [-0.15, -0.1) is 11.8 Å². The summed E-state index contributed by atoms with van der Waals surface area (Å²) in [6.07, 6.45) is 5.79. The number of hydrogen-bond acceptors (Lipinski definition) is 4. The Morgan fingerprint density at radius 1 is 1.16 bits per heavy atom. The average Bonchev–Trinajstić information content (AvgIpc) is 3.08. The van der Waals surface area contributed by atoms with Crippen LogP contribution in [0.1, 0.15) is 42.5 Å². The Kier molecular flexibility index (Phi) is 6.18. The lowest BCUT2D eigenvalue weighted by Gasteiger charge is -2.35. The number of thioether (sulfide) groups is 1. The van der Waals surface area contributed by atoms with Crippen LogP contribution >= 0.6 is 35.0 Å². The molecule has 1 aromatic carbocycles. The first-order chi connectivity index (χ1) is 12.0. The summed E-state index contributed by atoms with van der Waals surface area (Å²) in [7, 11) is 1.36. The maximum Gasteiger partial charge on any atom is 0.329 e. The SMILES string of the molecule is COC(=O)C1CSC(C2CCCCC2)N1C(=O)c1ccc(Cl)c(Cl)c1. The zero-order chi connectivity index (χ0) is 18.0. The van der Waals surface area contributed by atoms with Crippen LogP contribution in [-0.4, -0.2) is 41.1 Å². The van der Waals surface area contributed by atoms with Crippen molar-refractivity contribution >= 4 is 46.8 Å². The molecule has 1 aromatic rings. The Labute approximate surface area is 162 Å². The Bertz CT molecular complexity index is 664. The van der Waals surface area contributed by atoms with Crippen LogP contribution in [0.3, 0.4) is 0 Å². The molecular formula is C18H21Cl2NO3S. The first kappa shape index (κ1) is 18.9. The second-order valence-corrected chi connectivity index (χ2v) is 8.47. The van der Waals surface area contributed by atoms with Crippen molar-refractivity contribution in [3.63, 3.8) is 0 Å². The molecule has 2 unspecified atom stereocenters. The summed E-state index contributed by atoms with van der Waals surface area (Å²) >= 11 is 13.7. The Morgan fingerprint density at radius 2 is 1.88 bits per heavy atom. The minimum atomic E-state index is -0.552. The Balaban J connectivity index is 1.90. The van der Waals surface area contributed by atoms with E-state index < -0.39 is 6.04 Å². The number of benzene rings is 1. The van der Waals surface area contributed by atoms with Gasteiger partial charge in [0.25, 0.3) is 5.91 Å². The highest BCUT2D eigenvalue weighted by atomic mass is 35.5. The first-order valence-electron chi connectivity index (χ1n) is 8.50. The predicted molar refractivity (Wildman–Crippen MR) is 101 cm³/mol. The van der Waals surface area contributed by atoms with Gasteiger partial charge in [0.05, 0.1) is 22.5 Å². The van der Waals surface area contributed by atoms with Gasteiger partial charge in [0.1, 0.15) is 6.04 Å². The molecule has 1 amide bonds. The quantitative estimate of drug-likeness (QED) is 0.692. The van der Waals surface area contributed by atoms with E-state index in [1.165, 1.54) is 26.4 Å². The molecule has 7 heteroatoms. The topological polar surface area (TPSA) is 46.6 Å². The third-order valence-electron chi connectivity index (χ3n) is 4.96. The average molecular weight is 402 g/mol. The summed E-state index contributed by atoms with van der Waals surface area (Å²) in [6.45, 7) is 0. The largest absolute Gasteiger partial charge is 0.467 e. The van der Waals surface area contributed by atoms with Gasteiger partial charge >= 0.3 is 5.97 Å². The van der Waals surface area contributed by atoms with E-state index in [0.29, 0.717) is 27.3 Å². The van der Waals surface area contributed by atoms with Crippen molar-refractivity contribution in [2.75, 3.05) is 12.9 Å². The molecule has 3 rings (SSSR count). The van der Waals surface area contributed by atoms with Crippen LogP contribution in [0, 0.1) is 5.92 Å². The number of halogens is 2. The predicted octanol–water partition coefficient (Wildman–Crippen LogP) is 4.63. The lowest BCUT2D eigenvalue weighted by molar-refractivity contribution is -0.145. The summed E-state index contributed by atoms with van der Waals surface area (Å²) in [5.41, 5.74) is 0.451. The van der Waals surface area contributed by atoms with E-state index in [1.807, 2.05) is 0 Å². The van der Waals surface area contributed by atoms with Crippen LogP contribution < -0.4 is 0 Å². The Hall–Kier alpha value is -0.910. The summed E-state index contributed by atoms with van der Waals surface area (Å²) in [4.78, 5) is 27.1. The van der Waals surface area contributed by atoms with Gasteiger partial charge in [-0.3, -0.25) is 4.79 Å². The minimum absolute atomic E-state index is 0.00588. The maximum absolute atomic E-state index is 13.2. The molecule has 2 aliphatic rings. The number of rotatable bonds is 3. The maximum atomic E-state index is 13.2. The van der Waals surface area contributed by atoms with Crippen molar-refractivity contribution in [2.45, 2.75) is 43.5 Å². The first-order valence-corrected chi connectivity index (χ1v) is 10.3. The van der Waals surface area contributed by atoms with Gasteiger partial charge in [-0.25, -0.2) is 4.79 Å². The summed E-state index contributed by atoms with van der Waals surface area (Å²) in [5.74, 6) is 0.440. The van der Waals surface area contributed by atoms with E-state index in [9.17, 15) is 9.59 Å². The van der Waals surface area contributed by atoms with E-state index in [-0.39, 0.29) is 17.3 Å². The molecule has 136 valence electrons. The molecule has 1 saturated heterocycles. The molecule has 25 heavy (non-hydrogen) atoms. The van der Waals surface area contributed by atoms with Crippen LogP contribution in [0.2, 0.25) is 10.0 Å². The van der Waals surface area contributed by atoms with Gasteiger partial charge in [0.15, 0.2) is 0 Å². The Morgan fingerprint density at radius 3 is 2.52 bits per heavy atom. The number of carbonyl (C=O) groups is 2. The fourth-order valence-corrected chi connectivity index (χ4v) is 5.59. The molecule has 0 aromatic heterocycles. The third-order valence-corrected chi connectivity index (χ3v) is 7.16. The molecule has 2 atom stereocenters. The van der Waals surface area contributed by atoms with Crippen molar-refractivity contribution in [1.29, 1.82) is 0 Å². The zero-order valence-electron chi connectivity index (χ0n) is 14.0. The van der Waals surface area contributed by atoms with Gasteiger partial charge in [0.2, 0.25) is 0 Å². The van der Waals surface area contributed by atoms with Crippen molar-refractivity contribution in [3.8, 4) is 0 Å². The fraction of sp³-hybridized carbons (Fsp3) is 0.556. The number of esters is 1. The molecule has 1 aliphatic carbocycles. The van der Waals surface area contributed by atoms with Crippen molar-refractivity contribution in [3.05, 3.63) is 33.8 Å². The fourth-order valence-electron chi connectivity index (χ4n) is 3.66. The van der Waals surface area contributed by atoms with Gasteiger partial charge in [-0.05, 0) is 37.0 Å². The van der Waals surface area contributed by atoms with E-state index in [0.717, 1.165) is 12.8 Å². The molecule has 0 N–H and O–H groups in total. The number of nitrogens with zero attached hydrogens (tertiary/aromatic N) is 1. The summed E-state index contributed by atoms with van der Waals surface area (Å²) in [5, 5.41) is 0.747.